The van der Waals surface area contributed by atoms with Gasteiger partial charge in [-0.05, 0) is 94.8 Å². The summed E-state index contributed by atoms with van der Waals surface area (Å²) in [4.78, 5) is 33.0. The Morgan fingerprint density at radius 1 is 0.892 bits per heavy atom. The van der Waals surface area contributed by atoms with Gasteiger partial charge < -0.3 is 15.4 Å². The molecule has 0 radical (unpaired) electrons. The summed E-state index contributed by atoms with van der Waals surface area (Å²) in [5, 5.41) is 8.56. The molecule has 352 valence electrons. The first-order valence-electron chi connectivity index (χ1n) is 21.9. The van der Waals surface area contributed by atoms with E-state index in [0.29, 0.717) is 17.5 Å². The molecule has 10 heteroatoms. The van der Waals surface area contributed by atoms with Gasteiger partial charge in [-0.15, -0.1) is 13.2 Å². The van der Waals surface area contributed by atoms with Crippen molar-refractivity contribution in [3.05, 3.63) is 190 Å². The lowest BCUT2D eigenvalue weighted by Gasteiger charge is -2.10. The molecule has 5 rings (SSSR count). The minimum absolute atomic E-state index is 0.0463. The highest BCUT2D eigenvalue weighted by molar-refractivity contribution is 8.03. The van der Waals surface area contributed by atoms with Crippen molar-refractivity contribution in [2.24, 2.45) is 15.9 Å². The van der Waals surface area contributed by atoms with Crippen LogP contribution in [-0.2, 0) is 9.59 Å². The molecule has 0 spiro atoms. The first-order valence-corrected chi connectivity index (χ1v) is 24.0. The number of amides is 1. The van der Waals surface area contributed by atoms with Crippen molar-refractivity contribution in [1.29, 1.82) is 0 Å². The number of carbonyl (C=O) groups excluding carboxylic acids is 2. The number of nitrogens with one attached hydrogen (secondary N) is 2. The third-order valence-corrected chi connectivity index (χ3v) is 10.5. The highest BCUT2D eigenvalue weighted by atomic mass is 35.5. The molecule has 1 heterocycles. The van der Waals surface area contributed by atoms with Gasteiger partial charge in [0.1, 0.15) is 12.1 Å². The standard InChI is InChI=1S/C18H14ClNS.C17H16FNS.C8H15NO.C4H11N.C4H6O.2C2H6/c1-3-16-12(2)21-17-10-5-4-9-15(17)18(20-16)13-7-6-8-14(19)11-13;1-3-12-20-16-7-5-4-6-15(16)17(19-2)13-8-10-14(18)11-9-13;1-5-7(4)8(10)9-6(2)3;1-4(2)5-3;1-2-3-4-5;2*1-2/h3-11H,1H2,2H3;3-12H,1-2H3;5-7H,1H2,2-4H3,(H,9,10);4-5H,1-3H3;2,4H,1,3H2;2*1-2H3/b;12-3+,19-17?;;;;;. The van der Waals surface area contributed by atoms with Gasteiger partial charge in [-0.25, -0.2) is 9.38 Å². The lowest BCUT2D eigenvalue weighted by Crippen LogP contribution is -2.33. The third-order valence-electron chi connectivity index (χ3n) is 8.14. The molecule has 65 heavy (non-hydrogen) atoms. The Morgan fingerprint density at radius 3 is 1.98 bits per heavy atom. The fourth-order valence-electron chi connectivity index (χ4n) is 4.78. The first kappa shape index (κ1) is 62.0. The molecular formula is C55H74ClFN4O2S2. The largest absolute Gasteiger partial charge is 0.353 e. The number of hydrogen-bond acceptors (Lipinski definition) is 7. The highest BCUT2D eigenvalue weighted by Gasteiger charge is 2.18. The number of thioether (sulfide) groups is 2. The maximum atomic E-state index is 13.0. The second-order valence-electron chi connectivity index (χ2n) is 13.7. The lowest BCUT2D eigenvalue weighted by molar-refractivity contribution is -0.123. The molecule has 4 aromatic carbocycles. The van der Waals surface area contributed by atoms with Crippen LogP contribution in [-0.4, -0.2) is 49.8 Å². The van der Waals surface area contributed by atoms with Crippen LogP contribution in [0.4, 0.5) is 4.39 Å². The summed E-state index contributed by atoms with van der Waals surface area (Å²) >= 11 is 9.52. The summed E-state index contributed by atoms with van der Waals surface area (Å²) in [5.41, 5.74) is 6.84. The van der Waals surface area contributed by atoms with Gasteiger partial charge in [-0.2, -0.15) is 0 Å². The minimum Gasteiger partial charge on any atom is -0.353 e. The summed E-state index contributed by atoms with van der Waals surface area (Å²) < 4.78 is 13.0. The predicted octanol–water partition coefficient (Wildman–Crippen LogP) is 15.4. The van der Waals surface area contributed by atoms with Crippen LogP contribution in [0.3, 0.4) is 0 Å². The summed E-state index contributed by atoms with van der Waals surface area (Å²) in [7, 11) is 3.71. The third kappa shape index (κ3) is 25.3. The first-order chi connectivity index (χ1) is 31.2. The molecule has 1 unspecified atom stereocenters. The molecule has 2 N–H and O–H groups in total. The molecule has 1 atom stereocenters. The van der Waals surface area contributed by atoms with E-state index >= 15 is 0 Å². The number of aliphatic imine (C=N–C) groups is 2. The summed E-state index contributed by atoms with van der Waals surface area (Å²) in [6.07, 6.45) is 8.29. The van der Waals surface area contributed by atoms with Crippen LogP contribution in [0.25, 0.3) is 0 Å². The Morgan fingerprint density at radius 2 is 1.49 bits per heavy atom. The zero-order valence-electron chi connectivity index (χ0n) is 41.0. The number of carbonyl (C=O) groups is 2. The second-order valence-corrected chi connectivity index (χ2v) is 16.3. The average Bonchev–Trinajstić information content (AvgIpc) is 3.46. The summed E-state index contributed by atoms with van der Waals surface area (Å²) in [6.45, 7) is 32.7. The lowest BCUT2D eigenvalue weighted by atomic mass is 10.0. The van der Waals surface area contributed by atoms with E-state index in [4.69, 9.17) is 16.6 Å². The van der Waals surface area contributed by atoms with Crippen molar-refractivity contribution in [3.8, 4) is 0 Å². The molecule has 0 aliphatic carbocycles. The molecule has 0 saturated carbocycles. The zero-order chi connectivity index (χ0) is 49.7. The van der Waals surface area contributed by atoms with Crippen LogP contribution in [0.1, 0.15) is 105 Å². The van der Waals surface area contributed by atoms with E-state index in [9.17, 15) is 14.0 Å². The van der Waals surface area contributed by atoms with Gasteiger partial charge in [-0.3, -0.25) is 9.79 Å². The Bertz CT molecular complexity index is 2120. The molecule has 0 bridgehead atoms. The minimum atomic E-state index is -0.235. The molecule has 0 aromatic heterocycles. The second kappa shape index (κ2) is 38.2. The van der Waals surface area contributed by atoms with E-state index in [-0.39, 0.29) is 23.7 Å². The van der Waals surface area contributed by atoms with Crippen LogP contribution in [0.5, 0.6) is 0 Å². The van der Waals surface area contributed by atoms with Gasteiger partial charge in [0.15, 0.2) is 0 Å². The number of nitrogens with zero attached hydrogens (tertiary/aromatic N) is 2. The van der Waals surface area contributed by atoms with Crippen molar-refractivity contribution < 1.29 is 14.0 Å². The SMILES string of the molecule is C/C=C/Sc1ccccc1C(=NC)c1ccc(F)cc1.C=CC(C)C(=O)NC(C)C.C=CC1=C(C)Sc2ccccc2C(c2cccc(Cl)c2)=N1.C=CCC=O.CC.CC.CNC(C)C. The van der Waals surface area contributed by atoms with E-state index in [1.807, 2.05) is 129 Å². The summed E-state index contributed by atoms with van der Waals surface area (Å²) in [6, 6.07) is 31.5. The number of halogens is 2. The predicted molar refractivity (Wildman–Crippen MR) is 288 cm³/mol. The fraction of sp³-hybridized carbons (Fsp3) is 0.309. The van der Waals surface area contributed by atoms with Crippen LogP contribution in [0.2, 0.25) is 5.02 Å². The van der Waals surface area contributed by atoms with Gasteiger partial charge in [0.25, 0.3) is 0 Å². The Labute approximate surface area is 405 Å². The molecule has 1 aliphatic rings. The van der Waals surface area contributed by atoms with E-state index in [2.05, 4.69) is 74.3 Å². The molecule has 1 aliphatic heterocycles. The number of fused-ring (bicyclic) bond motifs is 1. The smallest absolute Gasteiger partial charge is 0.226 e. The fourth-order valence-corrected chi connectivity index (χ4v) is 6.69. The normalized spacial score (nSPS) is 11.7. The van der Waals surface area contributed by atoms with Gasteiger partial charge in [0.05, 0.1) is 23.0 Å². The molecular weight excluding hydrogens is 867 g/mol. The quantitative estimate of drug-likeness (QED) is 0.0640. The molecule has 1 amide bonds. The van der Waals surface area contributed by atoms with Crippen molar-refractivity contribution in [2.75, 3.05) is 14.1 Å². The van der Waals surface area contributed by atoms with Crippen molar-refractivity contribution in [2.45, 2.75) is 104 Å². The topological polar surface area (TPSA) is 82.9 Å². The Balaban J connectivity index is 0. The van der Waals surface area contributed by atoms with Gasteiger partial charge in [0, 0.05) is 67.5 Å². The zero-order valence-corrected chi connectivity index (χ0v) is 43.4. The number of rotatable bonds is 12. The van der Waals surface area contributed by atoms with Gasteiger partial charge in [-0.1, -0.05) is 157 Å². The monoisotopic (exact) mass is 940 g/mol. The molecule has 4 aromatic rings. The van der Waals surface area contributed by atoms with Crippen LogP contribution < -0.4 is 10.6 Å². The summed E-state index contributed by atoms with van der Waals surface area (Å²) in [5.74, 6) is -0.270. The van der Waals surface area contributed by atoms with E-state index in [1.165, 1.54) is 17.0 Å². The highest BCUT2D eigenvalue weighted by Crippen LogP contribution is 2.36. The van der Waals surface area contributed by atoms with E-state index < -0.39 is 0 Å². The van der Waals surface area contributed by atoms with Crippen LogP contribution in [0, 0.1) is 11.7 Å². The average molecular weight is 942 g/mol. The Kier molecular flexibility index (Phi) is 36.5. The van der Waals surface area contributed by atoms with Crippen LogP contribution >= 0.6 is 35.1 Å². The van der Waals surface area contributed by atoms with Crippen LogP contribution in [0.15, 0.2) is 177 Å². The van der Waals surface area contributed by atoms with Gasteiger partial charge >= 0.3 is 0 Å². The van der Waals surface area contributed by atoms with Crippen molar-refractivity contribution in [3.63, 3.8) is 0 Å². The van der Waals surface area contributed by atoms with E-state index in [0.717, 1.165) is 55.5 Å². The molecule has 0 fully saturated rings. The number of aldehydes is 1. The Hall–Kier alpha value is -5.06. The number of benzene rings is 4. The van der Waals surface area contributed by atoms with Crippen molar-refractivity contribution >= 4 is 58.7 Å². The molecule has 0 saturated heterocycles. The maximum absolute atomic E-state index is 13.0. The van der Waals surface area contributed by atoms with E-state index in [1.54, 1.807) is 60.9 Å². The van der Waals surface area contributed by atoms with Gasteiger partial charge in [0.2, 0.25) is 5.91 Å². The molecule has 6 nitrogen and oxygen atoms in total. The number of hydrogen-bond donors (Lipinski definition) is 2. The maximum Gasteiger partial charge on any atom is 0.226 e. The van der Waals surface area contributed by atoms with Crippen molar-refractivity contribution in [1.82, 2.24) is 10.6 Å². The number of allylic oxidation sites excluding steroid dienone is 4.